The molecule has 4 unspecified atom stereocenters. The van der Waals surface area contributed by atoms with Gasteiger partial charge >= 0.3 is 14.0 Å². The van der Waals surface area contributed by atoms with Crippen molar-refractivity contribution in [2.24, 2.45) is 17.6 Å². The summed E-state index contributed by atoms with van der Waals surface area (Å²) in [6.07, 6.45) is 9.61. The van der Waals surface area contributed by atoms with Crippen molar-refractivity contribution >= 4 is 14.0 Å². The molecule has 4 N–H and O–H groups in total. The lowest BCUT2D eigenvalue weighted by molar-refractivity contribution is -0.142. The quantitative estimate of drug-likeness (QED) is 0.396. The number of rotatable bonds is 11. The van der Waals surface area contributed by atoms with Gasteiger partial charge in [0.05, 0.1) is 6.04 Å². The zero-order valence-electron chi connectivity index (χ0n) is 13.6. The molecule has 1 rings (SSSR count). The molecule has 6 heteroatoms. The molecule has 0 aromatic rings. The molecule has 0 aromatic carbocycles. The predicted octanol–water partition coefficient (Wildman–Crippen LogP) is 3.67. The molecule has 0 saturated heterocycles. The van der Waals surface area contributed by atoms with Gasteiger partial charge in [0.25, 0.3) is 0 Å². The lowest BCUT2D eigenvalue weighted by Crippen LogP contribution is -2.41. The number of aliphatic carboxylic acids is 1. The molecule has 0 aliphatic heterocycles. The third-order valence-corrected chi connectivity index (χ3v) is 6.18. The highest BCUT2D eigenvalue weighted by atomic mass is 31.1. The zero-order valence-corrected chi connectivity index (χ0v) is 14.5. The fraction of sp³-hybridized carbons (Fsp3) is 0.938. The van der Waals surface area contributed by atoms with E-state index in [-0.39, 0.29) is 0 Å². The van der Waals surface area contributed by atoms with E-state index in [0.29, 0.717) is 18.8 Å². The lowest BCUT2D eigenvalue weighted by Gasteiger charge is -2.21. The van der Waals surface area contributed by atoms with E-state index in [0.717, 1.165) is 38.5 Å². The Balaban J connectivity index is 2.64. The standard InChI is InChI=1S/C16H30NO4P/c1-2-3-4-9-14(17)15(22(20)21)13(16(18)19)11-10-12-7-5-6-8-12/h12-15H,2-11,17H2,1H3,(H-,18,19,20,21)/p+1. The molecule has 1 aliphatic rings. The summed E-state index contributed by atoms with van der Waals surface area (Å²) < 4.78 is 11.7. The maximum atomic E-state index is 11.7. The van der Waals surface area contributed by atoms with E-state index in [1.807, 2.05) is 0 Å². The van der Waals surface area contributed by atoms with Crippen molar-refractivity contribution in [2.45, 2.75) is 82.8 Å². The number of carbonyl (C=O) groups is 1. The number of carboxylic acid groups (broad SMARTS) is 1. The van der Waals surface area contributed by atoms with E-state index >= 15 is 0 Å². The summed E-state index contributed by atoms with van der Waals surface area (Å²) in [7, 11) is -2.58. The molecule has 0 heterocycles. The molecule has 1 saturated carbocycles. The van der Waals surface area contributed by atoms with Crippen LogP contribution in [0.4, 0.5) is 0 Å². The van der Waals surface area contributed by atoms with E-state index in [1.54, 1.807) is 0 Å². The Kier molecular flexibility index (Phi) is 9.15. The third-order valence-electron chi connectivity index (χ3n) is 4.92. The van der Waals surface area contributed by atoms with Crippen LogP contribution in [0.3, 0.4) is 0 Å². The van der Waals surface area contributed by atoms with Crippen LogP contribution in [0.5, 0.6) is 0 Å². The monoisotopic (exact) mass is 332 g/mol. The Labute approximate surface area is 134 Å². The van der Waals surface area contributed by atoms with E-state index in [9.17, 15) is 19.4 Å². The SMILES string of the molecule is CCCCCC(N)C(C(CCC1CCCC1)C(=O)O)[P+](=O)O. The number of unbranched alkanes of at least 4 members (excludes halogenated alkanes) is 2. The minimum absolute atomic E-state index is 0.466. The van der Waals surface area contributed by atoms with Gasteiger partial charge in [0.15, 0.2) is 0 Å². The van der Waals surface area contributed by atoms with Gasteiger partial charge in [-0.15, -0.1) is 0 Å². The molecule has 128 valence electrons. The van der Waals surface area contributed by atoms with Crippen LogP contribution in [0.15, 0.2) is 0 Å². The number of nitrogens with two attached hydrogens (primary N) is 1. The Morgan fingerprint density at radius 1 is 1.27 bits per heavy atom. The molecule has 1 fully saturated rings. The molecule has 0 bridgehead atoms. The Morgan fingerprint density at radius 3 is 2.41 bits per heavy atom. The van der Waals surface area contributed by atoms with E-state index in [1.165, 1.54) is 12.8 Å². The van der Waals surface area contributed by atoms with Gasteiger partial charge in [0.1, 0.15) is 5.92 Å². The minimum atomic E-state index is -2.58. The summed E-state index contributed by atoms with van der Waals surface area (Å²) in [5.74, 6) is -1.20. The summed E-state index contributed by atoms with van der Waals surface area (Å²) in [6, 6.07) is -0.509. The first-order valence-electron chi connectivity index (χ1n) is 8.61. The Hall–Kier alpha value is -0.510. The van der Waals surface area contributed by atoms with Crippen LogP contribution in [-0.4, -0.2) is 27.7 Å². The van der Waals surface area contributed by atoms with Crippen LogP contribution < -0.4 is 5.73 Å². The highest BCUT2D eigenvalue weighted by Gasteiger charge is 2.46. The van der Waals surface area contributed by atoms with Crippen molar-refractivity contribution in [1.29, 1.82) is 0 Å². The molecule has 0 amide bonds. The average Bonchev–Trinajstić information content (AvgIpc) is 2.95. The van der Waals surface area contributed by atoms with Gasteiger partial charge in [-0.05, 0) is 29.7 Å². The Bertz CT molecular complexity index is 358. The first-order valence-corrected chi connectivity index (χ1v) is 9.89. The molecule has 0 aromatic heterocycles. The molecule has 5 nitrogen and oxygen atoms in total. The molecule has 0 spiro atoms. The van der Waals surface area contributed by atoms with Crippen LogP contribution in [0.25, 0.3) is 0 Å². The lowest BCUT2D eigenvalue weighted by atomic mass is 9.88. The van der Waals surface area contributed by atoms with Crippen LogP contribution in [0, 0.1) is 11.8 Å². The van der Waals surface area contributed by atoms with Crippen molar-refractivity contribution in [2.75, 3.05) is 0 Å². The highest BCUT2D eigenvalue weighted by Crippen LogP contribution is 2.38. The minimum Gasteiger partial charge on any atom is -0.481 e. The number of hydrogen-bond donors (Lipinski definition) is 3. The van der Waals surface area contributed by atoms with Gasteiger partial charge in [-0.3, -0.25) is 4.79 Å². The van der Waals surface area contributed by atoms with E-state index < -0.39 is 31.6 Å². The van der Waals surface area contributed by atoms with Crippen LogP contribution in [0.1, 0.15) is 71.1 Å². The maximum Gasteiger partial charge on any atom is 0.511 e. The molecular formula is C16H31NO4P+. The molecule has 0 radical (unpaired) electrons. The summed E-state index contributed by atoms with van der Waals surface area (Å²) >= 11 is 0. The summed E-state index contributed by atoms with van der Waals surface area (Å²) in [4.78, 5) is 21.2. The second-order valence-corrected chi connectivity index (χ2v) is 7.83. The van der Waals surface area contributed by atoms with Crippen molar-refractivity contribution in [3.8, 4) is 0 Å². The maximum absolute atomic E-state index is 11.7. The van der Waals surface area contributed by atoms with Gasteiger partial charge in [-0.2, -0.15) is 4.89 Å². The number of carboxylic acids is 1. The van der Waals surface area contributed by atoms with Gasteiger partial charge in [-0.1, -0.05) is 51.9 Å². The molecule has 22 heavy (non-hydrogen) atoms. The summed E-state index contributed by atoms with van der Waals surface area (Å²) in [5.41, 5.74) is 5.25. The van der Waals surface area contributed by atoms with E-state index in [4.69, 9.17) is 5.73 Å². The molecule has 1 aliphatic carbocycles. The summed E-state index contributed by atoms with van der Waals surface area (Å²) in [6.45, 7) is 2.08. The second kappa shape index (κ2) is 10.3. The van der Waals surface area contributed by atoms with Crippen molar-refractivity contribution in [3.05, 3.63) is 0 Å². The second-order valence-electron chi connectivity index (χ2n) is 6.63. The van der Waals surface area contributed by atoms with Gasteiger partial charge in [0, 0.05) is 0 Å². The average molecular weight is 332 g/mol. The number of hydrogen-bond acceptors (Lipinski definition) is 3. The Morgan fingerprint density at radius 2 is 1.91 bits per heavy atom. The predicted molar refractivity (Wildman–Crippen MR) is 88.0 cm³/mol. The van der Waals surface area contributed by atoms with Crippen LogP contribution in [0.2, 0.25) is 0 Å². The van der Waals surface area contributed by atoms with Crippen LogP contribution in [-0.2, 0) is 9.36 Å². The van der Waals surface area contributed by atoms with Gasteiger partial charge in [0.2, 0.25) is 5.66 Å². The van der Waals surface area contributed by atoms with E-state index in [2.05, 4.69) is 6.92 Å². The zero-order chi connectivity index (χ0) is 16.5. The fourth-order valence-electron chi connectivity index (χ4n) is 3.57. The first-order chi connectivity index (χ1) is 10.5. The van der Waals surface area contributed by atoms with Crippen LogP contribution >= 0.6 is 8.03 Å². The molecular weight excluding hydrogens is 301 g/mol. The van der Waals surface area contributed by atoms with Gasteiger partial charge in [-0.25, -0.2) is 0 Å². The normalized spacial score (nSPS) is 20.6. The summed E-state index contributed by atoms with van der Waals surface area (Å²) in [5, 5.41) is 9.49. The van der Waals surface area contributed by atoms with Crippen molar-refractivity contribution in [1.82, 2.24) is 0 Å². The van der Waals surface area contributed by atoms with Gasteiger partial charge < -0.3 is 10.8 Å². The largest absolute Gasteiger partial charge is 0.511 e. The van der Waals surface area contributed by atoms with Crippen molar-refractivity contribution in [3.63, 3.8) is 0 Å². The topological polar surface area (TPSA) is 101 Å². The van der Waals surface area contributed by atoms with Crippen molar-refractivity contribution < 1.29 is 19.4 Å². The molecule has 4 atom stereocenters. The fourth-order valence-corrected chi connectivity index (χ4v) is 4.63. The highest BCUT2D eigenvalue weighted by molar-refractivity contribution is 7.39. The first kappa shape index (κ1) is 19.5. The smallest absolute Gasteiger partial charge is 0.481 e. The third kappa shape index (κ3) is 6.31.